The van der Waals surface area contributed by atoms with Crippen LogP contribution in [0, 0.1) is 3.97 Å². The first-order valence-corrected chi connectivity index (χ1v) is 12.5. The average molecular weight is 579 g/mol. The van der Waals surface area contributed by atoms with E-state index < -0.39 is 0 Å². The third-order valence-electron chi connectivity index (χ3n) is 5.92. The van der Waals surface area contributed by atoms with E-state index in [1.807, 2.05) is 18.1 Å². The maximum absolute atomic E-state index is 2.42. The second-order valence-electron chi connectivity index (χ2n) is 9.49. The third-order valence-corrected chi connectivity index (χ3v) is 7.14. The molecule has 0 spiro atoms. The molecule has 0 saturated carbocycles. The minimum atomic E-state index is 0.478. The van der Waals surface area contributed by atoms with Gasteiger partial charge in [0.2, 0.25) is 0 Å². The summed E-state index contributed by atoms with van der Waals surface area (Å²) < 4.78 is 6.12. The van der Waals surface area contributed by atoms with Gasteiger partial charge in [-0.25, -0.2) is 0 Å². The monoisotopic (exact) mass is 580 g/mol. The van der Waals surface area contributed by atoms with Gasteiger partial charge in [-0.15, -0.1) is 0 Å². The molecular weight excluding hydrogens is 543 g/mol. The van der Waals surface area contributed by atoms with Crippen molar-refractivity contribution in [3.63, 3.8) is 0 Å². The predicted molar refractivity (Wildman–Crippen MR) is 125 cm³/mol. The molecule has 0 amide bonds. The molecule has 30 heavy (non-hydrogen) atoms. The molecule has 3 aromatic rings. The Morgan fingerprint density at radius 2 is 0.800 bits per heavy atom. The summed E-state index contributed by atoms with van der Waals surface area (Å²) in [6.45, 7) is 18.4. The molecule has 0 N–H and O–H groups in total. The predicted octanol–water partition coefficient (Wildman–Crippen LogP) is 7.84. The summed E-state index contributed by atoms with van der Waals surface area (Å²) in [5.41, 5.74) is 8.38. The van der Waals surface area contributed by atoms with Crippen LogP contribution in [0.5, 0.6) is 0 Å². The third kappa shape index (κ3) is 4.20. The van der Waals surface area contributed by atoms with Gasteiger partial charge in [0, 0.05) is 0 Å². The van der Waals surface area contributed by atoms with E-state index >= 15 is 0 Å². The average Bonchev–Trinajstić information content (AvgIpc) is 3.07. The zero-order valence-corrected chi connectivity index (χ0v) is 22.2. The normalized spacial score (nSPS) is 12.0. The van der Waals surface area contributed by atoms with Gasteiger partial charge in [0.15, 0.2) is 0 Å². The number of hydrogen-bond donors (Lipinski definition) is 0. The molecule has 1 aromatic heterocycles. The molecule has 162 valence electrons. The topological polar surface area (TPSA) is 9.86 Å². The van der Waals surface area contributed by atoms with E-state index in [1.165, 1.54) is 37.6 Å². The van der Waals surface area contributed by atoms with Crippen molar-refractivity contribution in [1.29, 1.82) is 0 Å². The van der Waals surface area contributed by atoms with Gasteiger partial charge in [-0.2, -0.15) is 0 Å². The first kappa shape index (κ1) is 23.0. The van der Waals surface area contributed by atoms with Crippen LogP contribution in [-0.2, 0) is 18.1 Å². The molecule has 2 aromatic carbocycles. The zero-order chi connectivity index (χ0) is 22.2. The van der Waals surface area contributed by atoms with Gasteiger partial charge in [-0.3, -0.25) is 0 Å². The van der Waals surface area contributed by atoms with Crippen molar-refractivity contribution in [3.8, 4) is 11.4 Å². The Bertz CT molecular complexity index is 944. The van der Waals surface area contributed by atoms with Crippen molar-refractivity contribution >= 4 is 0 Å². The van der Waals surface area contributed by atoms with Gasteiger partial charge >= 0.3 is 193 Å². The van der Waals surface area contributed by atoms with Crippen molar-refractivity contribution in [2.75, 3.05) is 0 Å². The summed E-state index contributed by atoms with van der Waals surface area (Å²) in [6.07, 6.45) is 4.52. The number of benzene rings is 2. The second kappa shape index (κ2) is 9.19. The SMILES string of the molecule is CC(C)c1cccc(C(C)C)c1-n1ccn(-c2c(C(C)C)cccc2C(C)C)[c]1=[Os]. The van der Waals surface area contributed by atoms with E-state index in [1.54, 1.807) is 0 Å². The fourth-order valence-corrected chi connectivity index (χ4v) is 5.22. The summed E-state index contributed by atoms with van der Waals surface area (Å²) in [5, 5.41) is 0. The van der Waals surface area contributed by atoms with E-state index in [0.717, 1.165) is 0 Å². The van der Waals surface area contributed by atoms with E-state index in [4.69, 9.17) is 0 Å². The summed E-state index contributed by atoms with van der Waals surface area (Å²) in [5.74, 6) is 1.91. The van der Waals surface area contributed by atoms with Crippen LogP contribution in [0.3, 0.4) is 0 Å². The molecule has 0 atom stereocenters. The summed E-state index contributed by atoms with van der Waals surface area (Å²) in [4.78, 5) is 0. The van der Waals surface area contributed by atoms with Gasteiger partial charge in [0.25, 0.3) is 0 Å². The van der Waals surface area contributed by atoms with Gasteiger partial charge in [0.05, 0.1) is 0 Å². The fraction of sp³-hybridized carbons (Fsp3) is 0.444. The molecule has 3 heteroatoms. The molecule has 1 heterocycles. The van der Waals surface area contributed by atoms with E-state index in [-0.39, 0.29) is 0 Å². The molecule has 0 bridgehead atoms. The van der Waals surface area contributed by atoms with Crippen LogP contribution in [0.2, 0.25) is 0 Å². The molecule has 0 fully saturated rings. The van der Waals surface area contributed by atoms with E-state index in [2.05, 4.69) is 113 Å². The van der Waals surface area contributed by atoms with E-state index in [9.17, 15) is 0 Å². The van der Waals surface area contributed by atoms with Crippen molar-refractivity contribution in [2.45, 2.75) is 79.1 Å². The molecule has 0 aliphatic carbocycles. The molecule has 0 saturated heterocycles. The quantitative estimate of drug-likeness (QED) is 0.282. The first-order chi connectivity index (χ1) is 14.1. The van der Waals surface area contributed by atoms with Gasteiger partial charge in [-0.1, -0.05) is 0 Å². The minimum absolute atomic E-state index is 0.478. The van der Waals surface area contributed by atoms with Crippen LogP contribution in [-0.4, -0.2) is 9.13 Å². The van der Waals surface area contributed by atoms with Crippen molar-refractivity contribution in [1.82, 2.24) is 9.13 Å². The van der Waals surface area contributed by atoms with Crippen LogP contribution in [0.4, 0.5) is 0 Å². The summed E-state index contributed by atoms with van der Waals surface area (Å²) in [7, 11) is 0. The first-order valence-electron chi connectivity index (χ1n) is 11.2. The van der Waals surface area contributed by atoms with Crippen LogP contribution >= 0.6 is 0 Å². The second-order valence-corrected chi connectivity index (χ2v) is 10.6. The van der Waals surface area contributed by atoms with Gasteiger partial charge in [-0.05, 0) is 0 Å². The number of para-hydroxylation sites is 2. The maximum atomic E-state index is 2.42. The van der Waals surface area contributed by atoms with Crippen molar-refractivity contribution < 1.29 is 18.1 Å². The summed E-state index contributed by atoms with van der Waals surface area (Å²) >= 11 is 2.00. The molecular formula is C27H36N2Os. The zero-order valence-electron chi connectivity index (χ0n) is 19.7. The van der Waals surface area contributed by atoms with Crippen molar-refractivity contribution in [2.24, 2.45) is 0 Å². The molecule has 0 aliphatic rings. The van der Waals surface area contributed by atoms with Crippen LogP contribution in [0.25, 0.3) is 11.4 Å². The van der Waals surface area contributed by atoms with Crippen LogP contribution in [0.15, 0.2) is 48.8 Å². The Labute approximate surface area is 192 Å². The molecule has 2 nitrogen and oxygen atoms in total. The molecule has 0 unspecified atom stereocenters. The summed E-state index contributed by atoms with van der Waals surface area (Å²) in [6, 6.07) is 13.6. The van der Waals surface area contributed by atoms with E-state index in [0.29, 0.717) is 23.7 Å². The number of imidazole rings is 1. The Balaban J connectivity index is 2.33. The molecule has 3 rings (SSSR count). The Kier molecular flexibility index (Phi) is 7.04. The number of nitrogens with zero attached hydrogens (tertiary/aromatic N) is 2. The standard InChI is InChI=1S/C27H36N2.Os/c1-18(2)22-11-9-12-23(19(3)4)26(22)28-15-16-29(17-28)27-24(20(5)6)13-10-14-25(27)21(7)8;/h9-16,18-21H,1-8H3;. The van der Waals surface area contributed by atoms with Gasteiger partial charge in [0.1, 0.15) is 0 Å². The van der Waals surface area contributed by atoms with Crippen LogP contribution in [0.1, 0.15) is 101 Å². The van der Waals surface area contributed by atoms with Crippen molar-refractivity contribution in [3.05, 3.63) is 75.0 Å². The number of rotatable bonds is 6. The fourth-order valence-electron chi connectivity index (χ4n) is 4.28. The Morgan fingerprint density at radius 3 is 1.03 bits per heavy atom. The number of aromatic nitrogens is 2. The Hall–Kier alpha value is -1.71. The molecule has 0 radical (unpaired) electrons. The Morgan fingerprint density at radius 1 is 0.533 bits per heavy atom. The molecule has 0 aliphatic heterocycles. The number of hydrogen-bond acceptors (Lipinski definition) is 0. The van der Waals surface area contributed by atoms with Crippen LogP contribution < -0.4 is 0 Å². The van der Waals surface area contributed by atoms with Gasteiger partial charge < -0.3 is 0 Å².